The van der Waals surface area contributed by atoms with E-state index in [4.69, 9.17) is 14.2 Å². The molecule has 1 N–H and O–H groups in total. The fraction of sp³-hybridized carbons (Fsp3) is 0.429. The van der Waals surface area contributed by atoms with E-state index in [-0.39, 0.29) is 0 Å². The quantitative estimate of drug-likeness (QED) is 0.871. The molecule has 0 radical (unpaired) electrons. The molecule has 0 aromatic heterocycles. The second kappa shape index (κ2) is 4.90. The van der Waals surface area contributed by atoms with Crippen molar-refractivity contribution in [2.24, 2.45) is 0 Å². The summed E-state index contributed by atoms with van der Waals surface area (Å²) in [6.07, 6.45) is 2.87. The first-order chi connectivity index (χ1) is 8.84. The van der Waals surface area contributed by atoms with Crippen LogP contribution in [-0.2, 0) is 4.74 Å². The van der Waals surface area contributed by atoms with E-state index in [0.29, 0.717) is 19.0 Å². The average molecular weight is 248 g/mol. The number of rotatable bonds is 2. The maximum Gasteiger partial charge on any atom is 0.161 e. The molecule has 2 aliphatic heterocycles. The van der Waals surface area contributed by atoms with Crippen LogP contribution in [0.5, 0.6) is 11.5 Å². The molecule has 0 spiro atoms. The summed E-state index contributed by atoms with van der Waals surface area (Å²) >= 11 is 0. The van der Waals surface area contributed by atoms with Crippen LogP contribution in [0.25, 0.3) is 0 Å². The number of aliphatic hydroxyl groups excluding tert-OH is 1. The van der Waals surface area contributed by atoms with E-state index >= 15 is 0 Å². The molecule has 4 heteroatoms. The van der Waals surface area contributed by atoms with Crippen LogP contribution in [0.3, 0.4) is 0 Å². The summed E-state index contributed by atoms with van der Waals surface area (Å²) in [4.78, 5) is 0. The second-order valence-electron chi connectivity index (χ2n) is 4.47. The number of benzene rings is 1. The molecule has 1 aromatic carbocycles. The Morgan fingerprint density at radius 2 is 1.89 bits per heavy atom. The van der Waals surface area contributed by atoms with E-state index in [0.717, 1.165) is 36.3 Å². The molecular formula is C14H16O4. The third kappa shape index (κ3) is 2.16. The van der Waals surface area contributed by atoms with Crippen molar-refractivity contribution in [3.8, 4) is 11.5 Å². The van der Waals surface area contributed by atoms with Crippen molar-refractivity contribution in [1.29, 1.82) is 0 Å². The van der Waals surface area contributed by atoms with Crippen molar-refractivity contribution in [3.05, 3.63) is 35.6 Å². The van der Waals surface area contributed by atoms with Crippen LogP contribution in [0.15, 0.2) is 30.0 Å². The molecule has 0 bridgehead atoms. The fourth-order valence-corrected chi connectivity index (χ4v) is 2.23. The Morgan fingerprint density at radius 3 is 2.67 bits per heavy atom. The summed E-state index contributed by atoms with van der Waals surface area (Å²) in [6.45, 7) is 1.86. The predicted molar refractivity (Wildman–Crippen MR) is 65.7 cm³/mol. The Labute approximate surface area is 106 Å². The zero-order valence-corrected chi connectivity index (χ0v) is 10.1. The largest absolute Gasteiger partial charge is 0.501 e. The van der Waals surface area contributed by atoms with Gasteiger partial charge in [0.2, 0.25) is 0 Å². The predicted octanol–water partition coefficient (Wildman–Crippen LogP) is 2.19. The Kier molecular flexibility index (Phi) is 3.11. The molecule has 0 aliphatic carbocycles. The van der Waals surface area contributed by atoms with Crippen molar-refractivity contribution in [1.82, 2.24) is 0 Å². The third-order valence-corrected chi connectivity index (χ3v) is 3.20. The van der Waals surface area contributed by atoms with Gasteiger partial charge >= 0.3 is 0 Å². The van der Waals surface area contributed by atoms with Gasteiger partial charge in [0.15, 0.2) is 11.5 Å². The van der Waals surface area contributed by atoms with Crippen LogP contribution in [0.2, 0.25) is 0 Å². The van der Waals surface area contributed by atoms with Crippen LogP contribution in [0.1, 0.15) is 24.5 Å². The summed E-state index contributed by atoms with van der Waals surface area (Å²) in [6, 6.07) is 5.56. The Morgan fingerprint density at radius 1 is 1.06 bits per heavy atom. The summed E-state index contributed by atoms with van der Waals surface area (Å²) in [7, 11) is 0. The SMILES string of the molecule is OC(C1=COCCC1)c1ccc2c(c1)OCCO2. The second-order valence-corrected chi connectivity index (χ2v) is 4.47. The number of aliphatic hydroxyl groups is 1. The summed E-state index contributed by atoms with van der Waals surface area (Å²) in [5.74, 6) is 1.45. The van der Waals surface area contributed by atoms with E-state index < -0.39 is 6.10 Å². The van der Waals surface area contributed by atoms with E-state index in [1.54, 1.807) is 6.26 Å². The normalized spacial score (nSPS) is 19.7. The van der Waals surface area contributed by atoms with Gasteiger partial charge in [-0.3, -0.25) is 0 Å². The molecule has 1 unspecified atom stereocenters. The Bertz CT molecular complexity index is 467. The standard InChI is InChI=1S/C14H16O4/c15-14(11-2-1-5-16-9-11)10-3-4-12-13(8-10)18-7-6-17-12/h3-4,8-9,14-15H,1-2,5-7H2. The summed E-state index contributed by atoms with van der Waals surface area (Å²) in [5.41, 5.74) is 1.73. The number of ether oxygens (including phenoxy) is 3. The molecule has 3 rings (SSSR count). The maximum atomic E-state index is 10.3. The lowest BCUT2D eigenvalue weighted by molar-refractivity contribution is 0.163. The van der Waals surface area contributed by atoms with E-state index in [2.05, 4.69) is 0 Å². The zero-order valence-electron chi connectivity index (χ0n) is 10.1. The first-order valence-corrected chi connectivity index (χ1v) is 6.23. The monoisotopic (exact) mass is 248 g/mol. The van der Waals surface area contributed by atoms with Crippen molar-refractivity contribution >= 4 is 0 Å². The number of fused-ring (bicyclic) bond motifs is 1. The molecule has 18 heavy (non-hydrogen) atoms. The van der Waals surface area contributed by atoms with Crippen LogP contribution in [0.4, 0.5) is 0 Å². The highest BCUT2D eigenvalue weighted by Crippen LogP contribution is 2.35. The van der Waals surface area contributed by atoms with Gasteiger partial charge in [-0.1, -0.05) is 6.07 Å². The smallest absolute Gasteiger partial charge is 0.161 e. The third-order valence-electron chi connectivity index (χ3n) is 3.20. The molecule has 0 saturated heterocycles. The molecular weight excluding hydrogens is 232 g/mol. The lowest BCUT2D eigenvalue weighted by atomic mass is 9.97. The van der Waals surface area contributed by atoms with Crippen LogP contribution < -0.4 is 9.47 Å². The minimum atomic E-state index is -0.624. The molecule has 0 fully saturated rings. The van der Waals surface area contributed by atoms with Gasteiger partial charge in [-0.15, -0.1) is 0 Å². The van der Waals surface area contributed by atoms with Gasteiger partial charge in [0, 0.05) is 0 Å². The van der Waals surface area contributed by atoms with Crippen molar-refractivity contribution < 1.29 is 19.3 Å². The number of hydrogen-bond donors (Lipinski definition) is 1. The van der Waals surface area contributed by atoms with Gasteiger partial charge in [-0.05, 0) is 36.1 Å². The minimum Gasteiger partial charge on any atom is -0.501 e. The topological polar surface area (TPSA) is 47.9 Å². The van der Waals surface area contributed by atoms with Crippen LogP contribution in [-0.4, -0.2) is 24.9 Å². The van der Waals surface area contributed by atoms with Gasteiger partial charge in [-0.25, -0.2) is 0 Å². The molecule has 0 amide bonds. The van der Waals surface area contributed by atoms with Gasteiger partial charge < -0.3 is 19.3 Å². The maximum absolute atomic E-state index is 10.3. The molecule has 1 atom stereocenters. The molecule has 0 saturated carbocycles. The van der Waals surface area contributed by atoms with Crippen molar-refractivity contribution in [2.45, 2.75) is 18.9 Å². The highest BCUT2D eigenvalue weighted by atomic mass is 16.6. The Hall–Kier alpha value is -1.68. The highest BCUT2D eigenvalue weighted by Gasteiger charge is 2.19. The van der Waals surface area contributed by atoms with Crippen molar-refractivity contribution in [3.63, 3.8) is 0 Å². The van der Waals surface area contributed by atoms with Gasteiger partial charge in [0.25, 0.3) is 0 Å². The summed E-state index contributed by atoms with van der Waals surface area (Å²) < 4.78 is 16.2. The van der Waals surface area contributed by atoms with Crippen LogP contribution in [0, 0.1) is 0 Å². The molecule has 4 nitrogen and oxygen atoms in total. The summed E-state index contributed by atoms with van der Waals surface area (Å²) in [5, 5.41) is 10.3. The van der Waals surface area contributed by atoms with Crippen molar-refractivity contribution in [2.75, 3.05) is 19.8 Å². The lowest BCUT2D eigenvalue weighted by Gasteiger charge is -2.22. The first kappa shape index (κ1) is 11.4. The van der Waals surface area contributed by atoms with E-state index in [1.165, 1.54) is 0 Å². The fourth-order valence-electron chi connectivity index (χ4n) is 2.23. The average Bonchev–Trinajstić information content (AvgIpc) is 2.47. The van der Waals surface area contributed by atoms with E-state index in [1.807, 2.05) is 18.2 Å². The number of hydrogen-bond acceptors (Lipinski definition) is 4. The molecule has 2 heterocycles. The van der Waals surface area contributed by atoms with Gasteiger partial charge in [0.05, 0.1) is 12.9 Å². The van der Waals surface area contributed by atoms with Gasteiger partial charge in [-0.2, -0.15) is 0 Å². The first-order valence-electron chi connectivity index (χ1n) is 6.23. The highest BCUT2D eigenvalue weighted by molar-refractivity contribution is 5.45. The van der Waals surface area contributed by atoms with Crippen LogP contribution >= 0.6 is 0 Å². The molecule has 1 aromatic rings. The lowest BCUT2D eigenvalue weighted by Crippen LogP contribution is -2.16. The Balaban J connectivity index is 1.85. The van der Waals surface area contributed by atoms with E-state index in [9.17, 15) is 5.11 Å². The minimum absolute atomic E-state index is 0.554. The molecule has 2 aliphatic rings. The molecule has 96 valence electrons. The zero-order chi connectivity index (χ0) is 12.4. The van der Waals surface area contributed by atoms with Gasteiger partial charge in [0.1, 0.15) is 19.3 Å².